The molecule has 21 heavy (non-hydrogen) atoms. The maximum absolute atomic E-state index is 13.6. The van der Waals surface area contributed by atoms with Crippen LogP contribution in [0.2, 0.25) is 0 Å². The number of benzene rings is 1. The predicted molar refractivity (Wildman–Crippen MR) is 69.9 cm³/mol. The first kappa shape index (κ1) is 17.0. The van der Waals surface area contributed by atoms with Gasteiger partial charge in [-0.25, -0.2) is 4.39 Å². The van der Waals surface area contributed by atoms with E-state index < -0.39 is 30.4 Å². The van der Waals surface area contributed by atoms with Gasteiger partial charge < -0.3 is 11.1 Å². The van der Waals surface area contributed by atoms with Gasteiger partial charge >= 0.3 is 6.18 Å². The van der Waals surface area contributed by atoms with E-state index in [1.165, 1.54) is 19.1 Å². The molecule has 7 heteroatoms. The molecular formula is C14H14F4N2O. The van der Waals surface area contributed by atoms with Crippen LogP contribution in [0.4, 0.5) is 17.6 Å². The van der Waals surface area contributed by atoms with Crippen molar-refractivity contribution in [3.05, 3.63) is 35.1 Å². The minimum Gasteiger partial charge on any atom is -0.349 e. The second kappa shape index (κ2) is 7.09. The topological polar surface area (TPSA) is 55.1 Å². The Bertz CT molecular complexity index is 573. The number of nitrogens with one attached hydrogen (secondary N) is 1. The lowest BCUT2D eigenvalue weighted by Crippen LogP contribution is -2.36. The van der Waals surface area contributed by atoms with Crippen molar-refractivity contribution in [1.29, 1.82) is 0 Å². The number of halogens is 4. The Morgan fingerprint density at radius 3 is 2.62 bits per heavy atom. The van der Waals surface area contributed by atoms with Gasteiger partial charge in [0.1, 0.15) is 5.82 Å². The molecule has 1 rings (SSSR count). The van der Waals surface area contributed by atoms with E-state index in [0.29, 0.717) is 0 Å². The Morgan fingerprint density at radius 2 is 2.10 bits per heavy atom. The third-order valence-corrected chi connectivity index (χ3v) is 2.47. The second-order valence-corrected chi connectivity index (χ2v) is 4.39. The molecule has 0 aliphatic rings. The molecule has 1 aromatic carbocycles. The van der Waals surface area contributed by atoms with E-state index >= 15 is 0 Å². The summed E-state index contributed by atoms with van der Waals surface area (Å²) < 4.78 is 50.1. The molecule has 3 N–H and O–H groups in total. The summed E-state index contributed by atoms with van der Waals surface area (Å²) in [5.41, 5.74) is 5.16. The molecule has 1 aromatic rings. The summed E-state index contributed by atoms with van der Waals surface area (Å²) >= 11 is 0. The van der Waals surface area contributed by atoms with Crippen LogP contribution in [0.25, 0.3) is 0 Å². The van der Waals surface area contributed by atoms with Gasteiger partial charge in [0, 0.05) is 11.6 Å². The van der Waals surface area contributed by atoms with Crippen LogP contribution >= 0.6 is 0 Å². The van der Waals surface area contributed by atoms with Crippen molar-refractivity contribution in [2.45, 2.75) is 25.6 Å². The molecule has 0 fully saturated rings. The lowest BCUT2D eigenvalue weighted by atomic mass is 10.1. The van der Waals surface area contributed by atoms with Gasteiger partial charge in [-0.2, -0.15) is 13.2 Å². The van der Waals surface area contributed by atoms with Crippen LogP contribution in [0, 0.1) is 17.7 Å². The summed E-state index contributed by atoms with van der Waals surface area (Å²) in [4.78, 5) is 11.7. The molecule has 0 saturated carbocycles. The van der Waals surface area contributed by atoms with Crippen LogP contribution in [0.5, 0.6) is 0 Å². The molecule has 1 atom stereocenters. The number of carbonyl (C=O) groups excluding carboxylic acids is 1. The summed E-state index contributed by atoms with van der Waals surface area (Å²) in [7, 11) is 0. The molecule has 0 bridgehead atoms. The number of hydrogen-bond acceptors (Lipinski definition) is 2. The molecule has 0 aliphatic carbocycles. The highest BCUT2D eigenvalue weighted by molar-refractivity contribution is 5.94. The third kappa shape index (κ3) is 5.83. The number of rotatable bonds is 3. The summed E-state index contributed by atoms with van der Waals surface area (Å²) in [5.74, 6) is 3.44. The molecule has 0 aliphatic heterocycles. The fourth-order valence-electron chi connectivity index (χ4n) is 1.61. The van der Waals surface area contributed by atoms with E-state index in [4.69, 9.17) is 5.73 Å². The van der Waals surface area contributed by atoms with Gasteiger partial charge in [0.15, 0.2) is 0 Å². The van der Waals surface area contributed by atoms with Gasteiger partial charge in [-0.05, 0) is 25.1 Å². The molecule has 0 saturated heterocycles. The standard InChI is InChI=1S/C14H14F4N2O/c1-9(8-14(16,17)18)20-13(21)11-5-4-10(3-2-6-19)12(15)7-11/h4-5,7,9H,6,8,19H2,1H3,(H,20,21). The van der Waals surface area contributed by atoms with Gasteiger partial charge in [0.2, 0.25) is 0 Å². The summed E-state index contributed by atoms with van der Waals surface area (Å²) in [6.07, 6.45) is -5.53. The molecule has 0 spiro atoms. The van der Waals surface area contributed by atoms with E-state index in [-0.39, 0.29) is 17.7 Å². The first-order chi connectivity index (χ1) is 9.73. The maximum Gasteiger partial charge on any atom is 0.391 e. The van der Waals surface area contributed by atoms with Crippen molar-refractivity contribution < 1.29 is 22.4 Å². The Morgan fingerprint density at radius 1 is 1.43 bits per heavy atom. The number of hydrogen-bond donors (Lipinski definition) is 2. The zero-order valence-corrected chi connectivity index (χ0v) is 11.2. The van der Waals surface area contributed by atoms with E-state index in [0.717, 1.165) is 6.07 Å². The van der Waals surface area contributed by atoms with E-state index in [9.17, 15) is 22.4 Å². The summed E-state index contributed by atoms with van der Waals surface area (Å²) in [6, 6.07) is 2.40. The van der Waals surface area contributed by atoms with Crippen molar-refractivity contribution in [2.75, 3.05) is 6.54 Å². The summed E-state index contributed by atoms with van der Waals surface area (Å²) in [6.45, 7) is 1.29. The van der Waals surface area contributed by atoms with Crippen molar-refractivity contribution in [3.8, 4) is 11.8 Å². The average Bonchev–Trinajstić information content (AvgIpc) is 2.34. The maximum atomic E-state index is 13.6. The van der Waals surface area contributed by atoms with Crippen LogP contribution in [0.15, 0.2) is 18.2 Å². The molecule has 1 unspecified atom stereocenters. The van der Waals surface area contributed by atoms with Gasteiger partial charge in [0.25, 0.3) is 5.91 Å². The molecule has 0 aromatic heterocycles. The summed E-state index contributed by atoms with van der Waals surface area (Å²) in [5, 5.41) is 2.16. The number of alkyl halides is 3. The first-order valence-corrected chi connectivity index (χ1v) is 6.09. The van der Waals surface area contributed by atoms with Crippen LogP contribution in [0.1, 0.15) is 29.3 Å². The fraction of sp³-hybridized carbons (Fsp3) is 0.357. The highest BCUT2D eigenvalue weighted by atomic mass is 19.4. The van der Waals surface area contributed by atoms with Crippen molar-refractivity contribution >= 4 is 5.91 Å². The Hall–Kier alpha value is -2.07. The molecule has 114 valence electrons. The Balaban J connectivity index is 2.78. The highest BCUT2D eigenvalue weighted by Crippen LogP contribution is 2.21. The Kier molecular flexibility index (Phi) is 5.73. The monoisotopic (exact) mass is 302 g/mol. The number of carbonyl (C=O) groups is 1. The van der Waals surface area contributed by atoms with Crippen LogP contribution in [-0.2, 0) is 0 Å². The number of nitrogens with two attached hydrogens (primary N) is 1. The normalized spacial score (nSPS) is 12.3. The van der Waals surface area contributed by atoms with Crippen molar-refractivity contribution in [1.82, 2.24) is 5.32 Å². The SMILES string of the molecule is CC(CC(F)(F)F)NC(=O)c1ccc(C#CCN)c(F)c1. The zero-order valence-electron chi connectivity index (χ0n) is 11.2. The average molecular weight is 302 g/mol. The molecule has 0 heterocycles. The minimum atomic E-state index is -4.38. The smallest absolute Gasteiger partial charge is 0.349 e. The lowest BCUT2D eigenvalue weighted by Gasteiger charge is -2.15. The highest BCUT2D eigenvalue weighted by Gasteiger charge is 2.30. The van der Waals surface area contributed by atoms with Crippen LogP contribution < -0.4 is 11.1 Å². The van der Waals surface area contributed by atoms with Gasteiger partial charge in [-0.15, -0.1) is 0 Å². The van der Waals surface area contributed by atoms with E-state index in [2.05, 4.69) is 17.2 Å². The third-order valence-electron chi connectivity index (χ3n) is 2.47. The molecular weight excluding hydrogens is 288 g/mol. The minimum absolute atomic E-state index is 0.0661. The van der Waals surface area contributed by atoms with E-state index in [1.54, 1.807) is 0 Å². The fourth-order valence-corrected chi connectivity index (χ4v) is 1.61. The van der Waals surface area contributed by atoms with Gasteiger partial charge in [-0.3, -0.25) is 4.79 Å². The molecule has 1 amide bonds. The van der Waals surface area contributed by atoms with Crippen LogP contribution in [0.3, 0.4) is 0 Å². The van der Waals surface area contributed by atoms with Gasteiger partial charge in [-0.1, -0.05) is 11.8 Å². The predicted octanol–water partition coefficient (Wildman–Crippen LogP) is 2.21. The van der Waals surface area contributed by atoms with E-state index in [1.807, 2.05) is 0 Å². The number of amides is 1. The second-order valence-electron chi connectivity index (χ2n) is 4.39. The largest absolute Gasteiger partial charge is 0.391 e. The molecule has 3 nitrogen and oxygen atoms in total. The van der Waals surface area contributed by atoms with Gasteiger partial charge in [0.05, 0.1) is 18.5 Å². The van der Waals surface area contributed by atoms with Crippen LogP contribution in [-0.4, -0.2) is 24.7 Å². The zero-order chi connectivity index (χ0) is 16.0. The Labute approximate surface area is 119 Å². The lowest BCUT2D eigenvalue weighted by molar-refractivity contribution is -0.138. The first-order valence-electron chi connectivity index (χ1n) is 6.09. The van der Waals surface area contributed by atoms with Crippen molar-refractivity contribution in [2.24, 2.45) is 5.73 Å². The van der Waals surface area contributed by atoms with Crippen molar-refractivity contribution in [3.63, 3.8) is 0 Å². The quantitative estimate of drug-likeness (QED) is 0.664. The molecule has 0 radical (unpaired) electrons.